The smallest absolute Gasteiger partial charge is 0.248 e. The number of nitrogens with zero attached hydrogens (tertiary/aromatic N) is 4. The lowest BCUT2D eigenvalue weighted by Gasteiger charge is -2.22. The fourth-order valence-corrected chi connectivity index (χ4v) is 4.42. The van der Waals surface area contributed by atoms with Crippen LogP contribution in [0, 0.1) is 6.92 Å². The Kier molecular flexibility index (Phi) is 4.35. The van der Waals surface area contributed by atoms with Crippen LogP contribution in [0.5, 0.6) is 0 Å². The number of pyridine rings is 2. The number of aromatic nitrogens is 4. The van der Waals surface area contributed by atoms with E-state index in [2.05, 4.69) is 16.6 Å². The Morgan fingerprint density at radius 2 is 2.07 bits per heavy atom. The zero-order valence-electron chi connectivity index (χ0n) is 17.1. The summed E-state index contributed by atoms with van der Waals surface area (Å²) in [4.78, 5) is 21.1. The van der Waals surface area contributed by atoms with E-state index in [9.17, 15) is 4.79 Å². The molecule has 0 radical (unpaired) electrons. The lowest BCUT2D eigenvalue weighted by Crippen LogP contribution is -2.16. The van der Waals surface area contributed by atoms with Crippen LogP contribution >= 0.6 is 0 Å². The molecule has 0 bridgehead atoms. The van der Waals surface area contributed by atoms with Crippen molar-refractivity contribution >= 4 is 16.8 Å². The number of nitrogens with two attached hydrogens (primary N) is 1. The van der Waals surface area contributed by atoms with Crippen LogP contribution in [0.2, 0.25) is 0 Å². The molecule has 0 saturated carbocycles. The summed E-state index contributed by atoms with van der Waals surface area (Å²) in [6, 6.07) is 13.8. The minimum absolute atomic E-state index is 0.334. The first-order chi connectivity index (χ1) is 14.5. The highest BCUT2D eigenvalue weighted by Gasteiger charge is 2.27. The van der Waals surface area contributed by atoms with Gasteiger partial charge in [0, 0.05) is 40.1 Å². The first-order valence-electron chi connectivity index (χ1n) is 10.3. The number of hydrogen-bond acceptors (Lipinski definition) is 4. The molecule has 6 heteroatoms. The van der Waals surface area contributed by atoms with E-state index in [1.807, 2.05) is 49.5 Å². The van der Waals surface area contributed by atoms with Gasteiger partial charge >= 0.3 is 0 Å². The molecule has 0 unspecified atom stereocenters. The van der Waals surface area contributed by atoms with Crippen LogP contribution < -0.4 is 5.73 Å². The van der Waals surface area contributed by atoms with E-state index in [0.29, 0.717) is 11.6 Å². The monoisotopic (exact) mass is 397 g/mol. The number of fused-ring (bicyclic) bond motifs is 2. The van der Waals surface area contributed by atoms with Gasteiger partial charge in [-0.25, -0.2) is 0 Å². The van der Waals surface area contributed by atoms with E-state index in [4.69, 9.17) is 15.8 Å². The number of carbonyl (C=O) groups excluding carboxylic acids is 1. The summed E-state index contributed by atoms with van der Waals surface area (Å²) < 4.78 is 2.16. The molecule has 1 atom stereocenters. The standard InChI is InChI=1S/C24H23N5O/c1-14-5-3-7-20(27-14)23-22(21-8-4-6-15(2)29(21)28-23)17-11-12-26-19-10-9-16(24(25)30)13-18(17)19/h3,5,7,9-13,15H,4,6,8H2,1-2H3,(H2,25,30)/t15-/m0/s1. The van der Waals surface area contributed by atoms with Crippen LogP contribution in [-0.4, -0.2) is 25.7 Å². The third-order valence-electron chi connectivity index (χ3n) is 5.89. The van der Waals surface area contributed by atoms with E-state index in [-0.39, 0.29) is 0 Å². The van der Waals surface area contributed by atoms with E-state index < -0.39 is 5.91 Å². The Morgan fingerprint density at radius 1 is 1.20 bits per heavy atom. The first kappa shape index (κ1) is 18.5. The van der Waals surface area contributed by atoms with Crippen LogP contribution in [0.4, 0.5) is 0 Å². The van der Waals surface area contributed by atoms with Crippen molar-refractivity contribution in [3.05, 3.63) is 65.6 Å². The van der Waals surface area contributed by atoms with E-state index in [1.54, 1.807) is 6.07 Å². The summed E-state index contributed by atoms with van der Waals surface area (Å²) in [5.41, 5.74) is 12.8. The fourth-order valence-electron chi connectivity index (χ4n) is 4.42. The predicted octanol–water partition coefficient (Wildman–Crippen LogP) is 4.46. The molecule has 1 aliphatic rings. The minimum Gasteiger partial charge on any atom is -0.366 e. The molecule has 1 amide bonds. The molecule has 0 fully saturated rings. The van der Waals surface area contributed by atoms with Gasteiger partial charge in [-0.1, -0.05) is 6.07 Å². The highest BCUT2D eigenvalue weighted by Crippen LogP contribution is 2.41. The second-order valence-corrected chi connectivity index (χ2v) is 7.98. The van der Waals surface area contributed by atoms with E-state index in [0.717, 1.165) is 58.4 Å². The van der Waals surface area contributed by atoms with Gasteiger partial charge in [0.15, 0.2) is 0 Å². The zero-order valence-corrected chi connectivity index (χ0v) is 17.1. The number of hydrogen-bond donors (Lipinski definition) is 1. The Labute approximate surface area is 174 Å². The summed E-state index contributed by atoms with van der Waals surface area (Å²) in [6.07, 6.45) is 5.00. The molecule has 2 N–H and O–H groups in total. The normalized spacial score (nSPS) is 15.9. The first-order valence-corrected chi connectivity index (χ1v) is 10.3. The summed E-state index contributed by atoms with van der Waals surface area (Å²) in [5.74, 6) is -0.446. The van der Waals surface area contributed by atoms with E-state index in [1.165, 1.54) is 5.69 Å². The highest BCUT2D eigenvalue weighted by atomic mass is 16.1. The maximum Gasteiger partial charge on any atom is 0.248 e. The molecule has 0 spiro atoms. The fraction of sp³-hybridized carbons (Fsp3) is 0.250. The molecule has 6 nitrogen and oxygen atoms in total. The maximum absolute atomic E-state index is 11.8. The van der Waals surface area contributed by atoms with Gasteiger partial charge < -0.3 is 5.73 Å². The highest BCUT2D eigenvalue weighted by molar-refractivity contribution is 6.03. The Hall–Kier alpha value is -3.54. The van der Waals surface area contributed by atoms with Gasteiger partial charge in [-0.15, -0.1) is 0 Å². The number of carbonyl (C=O) groups is 1. The molecule has 1 aliphatic heterocycles. The molecule has 5 rings (SSSR count). The summed E-state index contributed by atoms with van der Waals surface area (Å²) >= 11 is 0. The number of primary amides is 1. The zero-order chi connectivity index (χ0) is 20.8. The summed E-state index contributed by atoms with van der Waals surface area (Å²) in [7, 11) is 0. The molecule has 4 aromatic rings. The van der Waals surface area contributed by atoms with Crippen LogP contribution in [-0.2, 0) is 6.42 Å². The average molecular weight is 397 g/mol. The lowest BCUT2D eigenvalue weighted by molar-refractivity contribution is 0.100. The predicted molar refractivity (Wildman–Crippen MR) is 117 cm³/mol. The lowest BCUT2D eigenvalue weighted by atomic mass is 9.93. The molecule has 3 aromatic heterocycles. The van der Waals surface area contributed by atoms with Crippen molar-refractivity contribution in [3.63, 3.8) is 0 Å². The van der Waals surface area contributed by atoms with Gasteiger partial charge in [0.2, 0.25) is 5.91 Å². The molecule has 150 valence electrons. The minimum atomic E-state index is -0.446. The van der Waals surface area contributed by atoms with Crippen LogP contribution in [0.15, 0.2) is 48.7 Å². The number of rotatable bonds is 3. The van der Waals surface area contributed by atoms with Crippen molar-refractivity contribution in [2.24, 2.45) is 5.73 Å². The van der Waals surface area contributed by atoms with Crippen LogP contribution in [0.1, 0.15) is 47.6 Å². The third kappa shape index (κ3) is 2.96. The third-order valence-corrected chi connectivity index (χ3v) is 5.89. The number of aryl methyl sites for hydroxylation is 1. The van der Waals surface area contributed by atoms with Gasteiger partial charge in [-0.2, -0.15) is 5.10 Å². The molecule has 1 aromatic carbocycles. The maximum atomic E-state index is 11.8. The molecular weight excluding hydrogens is 374 g/mol. The van der Waals surface area contributed by atoms with Crippen LogP contribution in [0.25, 0.3) is 33.4 Å². The quantitative estimate of drug-likeness (QED) is 0.553. The Balaban J connectivity index is 1.85. The summed E-state index contributed by atoms with van der Waals surface area (Å²) in [5, 5.41) is 5.93. The van der Waals surface area contributed by atoms with Gasteiger partial charge in [0.05, 0.1) is 11.2 Å². The van der Waals surface area contributed by atoms with Crippen molar-refractivity contribution in [1.82, 2.24) is 19.7 Å². The topological polar surface area (TPSA) is 86.7 Å². The number of amides is 1. The second-order valence-electron chi connectivity index (χ2n) is 7.98. The molecular formula is C24H23N5O. The van der Waals surface area contributed by atoms with Crippen molar-refractivity contribution in [1.29, 1.82) is 0 Å². The van der Waals surface area contributed by atoms with Crippen molar-refractivity contribution in [2.45, 2.75) is 39.2 Å². The molecule has 0 aliphatic carbocycles. The number of benzene rings is 1. The van der Waals surface area contributed by atoms with Crippen molar-refractivity contribution in [3.8, 4) is 22.5 Å². The molecule has 4 heterocycles. The molecule has 0 saturated heterocycles. The van der Waals surface area contributed by atoms with Gasteiger partial charge in [0.25, 0.3) is 0 Å². The Morgan fingerprint density at radius 3 is 2.87 bits per heavy atom. The largest absolute Gasteiger partial charge is 0.366 e. The van der Waals surface area contributed by atoms with Crippen molar-refractivity contribution in [2.75, 3.05) is 0 Å². The van der Waals surface area contributed by atoms with Gasteiger partial charge in [-0.05, 0) is 75.1 Å². The molecule has 30 heavy (non-hydrogen) atoms. The van der Waals surface area contributed by atoms with Gasteiger partial charge in [-0.3, -0.25) is 19.4 Å². The second kappa shape index (κ2) is 7.06. The van der Waals surface area contributed by atoms with Crippen LogP contribution in [0.3, 0.4) is 0 Å². The van der Waals surface area contributed by atoms with Gasteiger partial charge in [0.1, 0.15) is 5.69 Å². The SMILES string of the molecule is Cc1cccc(-c2nn3c(c2-c2ccnc4ccc(C(N)=O)cc24)CCC[C@@H]3C)n1. The Bertz CT molecular complexity index is 1290. The average Bonchev–Trinajstić information content (AvgIpc) is 3.13. The summed E-state index contributed by atoms with van der Waals surface area (Å²) in [6.45, 7) is 4.20. The van der Waals surface area contributed by atoms with E-state index >= 15 is 0 Å². The van der Waals surface area contributed by atoms with Crippen molar-refractivity contribution < 1.29 is 4.79 Å².